The normalized spacial score (nSPS) is 15.1. The number of ether oxygens (including phenoxy) is 4. The van der Waals surface area contributed by atoms with Gasteiger partial charge in [0.05, 0.1) is 61.6 Å². The number of anilines is 1. The first-order valence-corrected chi connectivity index (χ1v) is 11.7. The number of benzene rings is 2. The summed E-state index contributed by atoms with van der Waals surface area (Å²) in [5.41, 5.74) is 1.47. The first-order chi connectivity index (χ1) is 16.8. The topological polar surface area (TPSA) is 119 Å². The Morgan fingerprint density at radius 1 is 1.09 bits per heavy atom. The predicted octanol–water partition coefficient (Wildman–Crippen LogP) is 4.08. The summed E-state index contributed by atoms with van der Waals surface area (Å²) in [7, 11) is 5.97. The van der Waals surface area contributed by atoms with E-state index in [4.69, 9.17) is 30.5 Å². The summed E-state index contributed by atoms with van der Waals surface area (Å²) in [5.74, 6) is 0.607. The van der Waals surface area contributed by atoms with Crippen molar-refractivity contribution in [3.8, 4) is 29.1 Å². The van der Waals surface area contributed by atoms with E-state index in [1.54, 1.807) is 24.3 Å². The van der Waals surface area contributed by atoms with Gasteiger partial charge in [0.2, 0.25) is 11.8 Å². The Kier molecular flexibility index (Phi) is 8.73. The number of carbonyl (C=O) groups excluding carboxylic acids is 2. The van der Waals surface area contributed by atoms with Crippen molar-refractivity contribution in [2.24, 2.45) is 0 Å². The second kappa shape index (κ2) is 11.7. The maximum absolute atomic E-state index is 12.7. The molecule has 0 aliphatic carbocycles. The molecule has 35 heavy (non-hydrogen) atoms. The zero-order chi connectivity index (χ0) is 25.5. The van der Waals surface area contributed by atoms with E-state index in [-0.39, 0.29) is 24.0 Å². The smallest absolute Gasteiger partial charge is 0.234 e. The van der Waals surface area contributed by atoms with Crippen LogP contribution in [0.1, 0.15) is 17.9 Å². The lowest BCUT2D eigenvalue weighted by Crippen LogP contribution is -2.31. The minimum absolute atomic E-state index is 0.0620. The Hall–Kier alpha value is -3.55. The maximum Gasteiger partial charge on any atom is 0.234 e. The molecule has 1 aliphatic rings. The van der Waals surface area contributed by atoms with Gasteiger partial charge in [-0.1, -0.05) is 29.4 Å². The minimum Gasteiger partial charge on any atom is -0.495 e. The van der Waals surface area contributed by atoms with Crippen LogP contribution >= 0.6 is 23.4 Å². The number of hydrogen-bond donors (Lipinski definition) is 2. The lowest BCUT2D eigenvalue weighted by molar-refractivity contribution is -0.121. The molecule has 2 N–H and O–H groups in total. The summed E-state index contributed by atoms with van der Waals surface area (Å²) in [6.07, 6.45) is 0.0937. The molecule has 3 rings (SSSR count). The van der Waals surface area contributed by atoms with Crippen molar-refractivity contribution in [2.45, 2.75) is 12.3 Å². The van der Waals surface area contributed by atoms with Crippen LogP contribution in [-0.2, 0) is 9.59 Å². The monoisotopic (exact) mass is 517 g/mol. The van der Waals surface area contributed by atoms with Gasteiger partial charge in [-0.2, -0.15) is 5.26 Å². The number of rotatable bonds is 9. The van der Waals surface area contributed by atoms with E-state index in [1.807, 2.05) is 0 Å². The van der Waals surface area contributed by atoms with Gasteiger partial charge >= 0.3 is 0 Å². The second-order valence-electron chi connectivity index (χ2n) is 7.30. The molecule has 2 aromatic rings. The third-order valence-corrected chi connectivity index (χ3v) is 6.57. The fourth-order valence-corrected chi connectivity index (χ4v) is 4.68. The Bertz CT molecular complexity index is 1210. The number of amides is 2. The van der Waals surface area contributed by atoms with E-state index >= 15 is 0 Å². The summed E-state index contributed by atoms with van der Waals surface area (Å²) < 4.78 is 21.1. The summed E-state index contributed by atoms with van der Waals surface area (Å²) in [6.45, 7) is 0. The third-order valence-electron chi connectivity index (χ3n) is 5.26. The number of thioether (sulfide) groups is 1. The quantitative estimate of drug-likeness (QED) is 0.510. The van der Waals surface area contributed by atoms with Crippen LogP contribution in [-0.4, -0.2) is 46.0 Å². The zero-order valence-electron chi connectivity index (χ0n) is 19.6. The fraction of sp³-hybridized carbons (Fsp3) is 0.292. The molecule has 2 amide bonds. The summed E-state index contributed by atoms with van der Waals surface area (Å²) in [5, 5.41) is 16.0. The SMILES string of the molecule is COc1cc(NC(=O)CSC2=C(C#N)[C@@H](c3ccc(OC)c(OC)c3)CC(=O)N2)c(OC)cc1Cl. The molecular weight excluding hydrogens is 494 g/mol. The maximum atomic E-state index is 12.7. The van der Waals surface area contributed by atoms with Crippen molar-refractivity contribution in [3.05, 3.63) is 51.5 Å². The Labute approximate surface area is 212 Å². The second-order valence-corrected chi connectivity index (χ2v) is 8.69. The number of methoxy groups -OCH3 is 4. The number of nitrogens with zero attached hydrogens (tertiary/aromatic N) is 1. The number of nitrogens with one attached hydrogen (secondary N) is 2. The molecule has 0 fully saturated rings. The molecule has 0 saturated heterocycles. The molecule has 0 spiro atoms. The highest BCUT2D eigenvalue weighted by atomic mass is 35.5. The van der Waals surface area contributed by atoms with Crippen LogP contribution in [0.3, 0.4) is 0 Å². The van der Waals surface area contributed by atoms with E-state index in [1.165, 1.54) is 34.5 Å². The molecule has 0 radical (unpaired) electrons. The Morgan fingerprint density at radius 2 is 1.77 bits per heavy atom. The lowest BCUT2D eigenvalue weighted by Gasteiger charge is -2.25. The van der Waals surface area contributed by atoms with Gasteiger partial charge in [0.15, 0.2) is 11.5 Å². The molecule has 11 heteroatoms. The van der Waals surface area contributed by atoms with Crippen LogP contribution in [0.4, 0.5) is 5.69 Å². The van der Waals surface area contributed by atoms with Crippen molar-refractivity contribution in [1.29, 1.82) is 5.26 Å². The van der Waals surface area contributed by atoms with E-state index in [0.29, 0.717) is 44.3 Å². The van der Waals surface area contributed by atoms with Crippen LogP contribution in [0.2, 0.25) is 5.02 Å². The molecule has 9 nitrogen and oxygen atoms in total. The number of allylic oxidation sites excluding steroid dienone is 1. The fourth-order valence-electron chi connectivity index (χ4n) is 3.57. The average Bonchev–Trinajstić information content (AvgIpc) is 2.87. The molecule has 0 bridgehead atoms. The minimum atomic E-state index is -0.486. The van der Waals surface area contributed by atoms with Gasteiger partial charge in [0.25, 0.3) is 0 Å². The highest BCUT2D eigenvalue weighted by Gasteiger charge is 2.30. The van der Waals surface area contributed by atoms with Gasteiger partial charge < -0.3 is 29.6 Å². The Morgan fingerprint density at radius 3 is 2.40 bits per heavy atom. The van der Waals surface area contributed by atoms with Crippen molar-refractivity contribution in [2.75, 3.05) is 39.5 Å². The molecule has 1 aliphatic heterocycles. The van der Waals surface area contributed by atoms with E-state index < -0.39 is 5.92 Å². The molecule has 1 atom stereocenters. The van der Waals surface area contributed by atoms with Crippen molar-refractivity contribution in [3.63, 3.8) is 0 Å². The van der Waals surface area contributed by atoms with Crippen molar-refractivity contribution in [1.82, 2.24) is 5.32 Å². The lowest BCUT2D eigenvalue weighted by atomic mass is 9.87. The van der Waals surface area contributed by atoms with Gasteiger partial charge in [-0.25, -0.2) is 0 Å². The first-order valence-electron chi connectivity index (χ1n) is 10.3. The van der Waals surface area contributed by atoms with Crippen LogP contribution in [0.15, 0.2) is 40.9 Å². The predicted molar refractivity (Wildman–Crippen MR) is 133 cm³/mol. The summed E-state index contributed by atoms with van der Waals surface area (Å²) >= 11 is 7.17. The average molecular weight is 518 g/mol. The molecular formula is C24H24ClN3O6S. The molecule has 0 aromatic heterocycles. The van der Waals surface area contributed by atoms with Crippen LogP contribution in [0.5, 0.6) is 23.0 Å². The number of hydrogen-bond acceptors (Lipinski definition) is 8. The third kappa shape index (κ3) is 5.93. The van der Waals surface area contributed by atoms with Gasteiger partial charge in [0.1, 0.15) is 11.5 Å². The molecule has 0 unspecified atom stereocenters. The number of halogens is 1. The number of nitriles is 1. The Balaban J connectivity index is 1.81. The van der Waals surface area contributed by atoms with Crippen LogP contribution in [0, 0.1) is 11.3 Å². The van der Waals surface area contributed by atoms with Gasteiger partial charge in [-0.15, -0.1) is 0 Å². The van der Waals surface area contributed by atoms with Gasteiger partial charge in [-0.3, -0.25) is 9.59 Å². The molecule has 2 aromatic carbocycles. The van der Waals surface area contributed by atoms with Gasteiger partial charge in [0, 0.05) is 24.5 Å². The summed E-state index contributed by atoms with van der Waals surface area (Å²) in [6, 6.07) is 10.5. The first kappa shape index (κ1) is 26.1. The molecule has 184 valence electrons. The standard InChI is InChI=1S/C24H24ClN3O6S/c1-31-18-6-5-13(7-21(18)34-4)14-8-22(29)28-24(15(14)11-26)35-12-23(30)27-17-10-19(32-2)16(25)9-20(17)33-3/h5-7,9-10,14H,8,12H2,1-4H3,(H,27,30)(H,28,29)/t14-/m1/s1. The van der Waals surface area contributed by atoms with Gasteiger partial charge in [-0.05, 0) is 17.7 Å². The highest BCUT2D eigenvalue weighted by Crippen LogP contribution is 2.40. The van der Waals surface area contributed by atoms with E-state index in [0.717, 1.165) is 17.3 Å². The van der Waals surface area contributed by atoms with E-state index in [9.17, 15) is 14.9 Å². The van der Waals surface area contributed by atoms with E-state index in [2.05, 4.69) is 16.7 Å². The van der Waals surface area contributed by atoms with Crippen LogP contribution in [0.25, 0.3) is 0 Å². The van der Waals surface area contributed by atoms with Crippen molar-refractivity contribution >= 4 is 40.9 Å². The van der Waals surface area contributed by atoms with Crippen molar-refractivity contribution < 1.29 is 28.5 Å². The summed E-state index contributed by atoms with van der Waals surface area (Å²) in [4.78, 5) is 25.1. The number of carbonyl (C=O) groups is 2. The molecule has 1 heterocycles. The zero-order valence-corrected chi connectivity index (χ0v) is 21.1. The highest BCUT2D eigenvalue weighted by molar-refractivity contribution is 8.03. The van der Waals surface area contributed by atoms with Crippen LogP contribution < -0.4 is 29.6 Å². The molecule has 0 saturated carbocycles. The largest absolute Gasteiger partial charge is 0.495 e.